The number of nitrogens with one attached hydrogen (secondary N) is 3. The van der Waals surface area contributed by atoms with Crippen LogP contribution < -0.4 is 16.0 Å². The van der Waals surface area contributed by atoms with Gasteiger partial charge < -0.3 is 16.0 Å². The Morgan fingerprint density at radius 1 is 1.33 bits per heavy atom. The predicted molar refractivity (Wildman–Crippen MR) is 114 cm³/mol. The molecule has 3 N–H and O–H groups in total. The van der Waals surface area contributed by atoms with Gasteiger partial charge in [0.15, 0.2) is 5.96 Å². The standard InChI is InChI=1S/C17H26N4OS.HI/c1-18-17(19-9-10-23-2)20-12-13-5-3-8-15(11-13)21-16(22)14-6-4-7-14;/h3,5,8,11,14H,4,6-7,9-10,12H2,1-2H3,(H,21,22)(H2,18,19,20);1H. The number of thioether (sulfide) groups is 1. The molecular weight excluding hydrogens is 435 g/mol. The molecule has 0 radical (unpaired) electrons. The van der Waals surface area contributed by atoms with E-state index in [1.807, 2.05) is 24.3 Å². The van der Waals surface area contributed by atoms with Crippen LogP contribution in [0, 0.1) is 5.92 Å². The third-order valence-electron chi connectivity index (χ3n) is 3.95. The van der Waals surface area contributed by atoms with E-state index in [2.05, 4.69) is 27.2 Å². The zero-order chi connectivity index (χ0) is 16.5. The minimum absolute atomic E-state index is 0. The monoisotopic (exact) mass is 462 g/mol. The molecule has 1 aliphatic carbocycles. The summed E-state index contributed by atoms with van der Waals surface area (Å²) in [6.45, 7) is 1.56. The predicted octanol–water partition coefficient (Wildman–Crippen LogP) is 3.07. The lowest BCUT2D eigenvalue weighted by Gasteiger charge is -2.24. The number of aliphatic imine (C=N–C) groups is 1. The molecule has 0 atom stereocenters. The summed E-state index contributed by atoms with van der Waals surface area (Å²) >= 11 is 1.80. The van der Waals surface area contributed by atoms with Crippen molar-refractivity contribution in [2.75, 3.05) is 30.9 Å². The van der Waals surface area contributed by atoms with Crippen molar-refractivity contribution in [1.29, 1.82) is 0 Å². The van der Waals surface area contributed by atoms with Crippen LogP contribution in [0.25, 0.3) is 0 Å². The maximum atomic E-state index is 12.0. The topological polar surface area (TPSA) is 65.5 Å². The number of carbonyl (C=O) groups excluding carboxylic acids is 1. The van der Waals surface area contributed by atoms with Crippen molar-refractivity contribution in [3.05, 3.63) is 29.8 Å². The Morgan fingerprint density at radius 3 is 2.75 bits per heavy atom. The van der Waals surface area contributed by atoms with Crippen molar-refractivity contribution in [1.82, 2.24) is 10.6 Å². The van der Waals surface area contributed by atoms with Crippen molar-refractivity contribution in [2.24, 2.45) is 10.9 Å². The highest BCUT2D eigenvalue weighted by atomic mass is 127. The number of nitrogens with zero attached hydrogens (tertiary/aromatic N) is 1. The molecule has 0 unspecified atom stereocenters. The summed E-state index contributed by atoms with van der Waals surface area (Å²) in [4.78, 5) is 16.2. The van der Waals surface area contributed by atoms with Crippen LogP contribution in [0.2, 0.25) is 0 Å². The number of guanidine groups is 1. The molecular formula is C17H27IN4OS. The molecule has 1 fully saturated rings. The first-order valence-corrected chi connectivity index (χ1v) is 9.45. The van der Waals surface area contributed by atoms with Crippen LogP contribution in [0.3, 0.4) is 0 Å². The lowest BCUT2D eigenvalue weighted by molar-refractivity contribution is -0.122. The fourth-order valence-corrected chi connectivity index (χ4v) is 2.66. The summed E-state index contributed by atoms with van der Waals surface area (Å²) in [5.41, 5.74) is 1.98. The number of carbonyl (C=O) groups is 1. The fourth-order valence-electron chi connectivity index (χ4n) is 2.35. The lowest BCUT2D eigenvalue weighted by atomic mass is 9.85. The molecule has 7 heteroatoms. The summed E-state index contributed by atoms with van der Waals surface area (Å²) in [5, 5.41) is 9.57. The molecule has 1 aromatic rings. The van der Waals surface area contributed by atoms with Crippen LogP contribution >= 0.6 is 35.7 Å². The summed E-state index contributed by atoms with van der Waals surface area (Å²) in [6, 6.07) is 7.96. The van der Waals surface area contributed by atoms with E-state index < -0.39 is 0 Å². The maximum Gasteiger partial charge on any atom is 0.227 e. The SMILES string of the molecule is CN=C(NCCSC)NCc1cccc(NC(=O)C2CCC2)c1.I. The molecule has 1 aromatic carbocycles. The van der Waals surface area contributed by atoms with E-state index in [9.17, 15) is 4.79 Å². The van der Waals surface area contributed by atoms with Gasteiger partial charge in [-0.15, -0.1) is 24.0 Å². The zero-order valence-corrected chi connectivity index (χ0v) is 17.4. The van der Waals surface area contributed by atoms with Crippen LogP contribution in [-0.4, -0.2) is 37.5 Å². The molecule has 0 spiro atoms. The van der Waals surface area contributed by atoms with E-state index in [-0.39, 0.29) is 35.8 Å². The highest BCUT2D eigenvalue weighted by Crippen LogP contribution is 2.27. The van der Waals surface area contributed by atoms with Gasteiger partial charge >= 0.3 is 0 Å². The van der Waals surface area contributed by atoms with Gasteiger partial charge in [-0.3, -0.25) is 9.79 Å². The summed E-state index contributed by atoms with van der Waals surface area (Å²) in [7, 11) is 1.77. The smallest absolute Gasteiger partial charge is 0.227 e. The minimum atomic E-state index is 0. The number of hydrogen-bond acceptors (Lipinski definition) is 3. The molecule has 24 heavy (non-hydrogen) atoms. The number of amides is 1. The summed E-state index contributed by atoms with van der Waals surface area (Å²) < 4.78 is 0. The Kier molecular flexibility index (Phi) is 10.2. The van der Waals surface area contributed by atoms with E-state index in [4.69, 9.17) is 0 Å². The molecule has 0 saturated heterocycles. The molecule has 0 bridgehead atoms. The van der Waals surface area contributed by atoms with E-state index in [1.165, 1.54) is 6.42 Å². The zero-order valence-electron chi connectivity index (χ0n) is 14.3. The first-order valence-electron chi connectivity index (χ1n) is 8.06. The van der Waals surface area contributed by atoms with Crippen LogP contribution in [-0.2, 0) is 11.3 Å². The first kappa shape index (κ1) is 21.1. The van der Waals surface area contributed by atoms with E-state index >= 15 is 0 Å². The lowest BCUT2D eigenvalue weighted by Crippen LogP contribution is -2.37. The normalized spacial score (nSPS) is 14.3. The van der Waals surface area contributed by atoms with Crippen LogP contribution in [0.1, 0.15) is 24.8 Å². The third-order valence-corrected chi connectivity index (χ3v) is 4.57. The second-order valence-corrected chi connectivity index (χ2v) is 6.65. The highest BCUT2D eigenvalue weighted by molar-refractivity contribution is 14.0. The van der Waals surface area contributed by atoms with E-state index in [1.54, 1.807) is 18.8 Å². The van der Waals surface area contributed by atoms with E-state index in [0.29, 0.717) is 6.54 Å². The van der Waals surface area contributed by atoms with E-state index in [0.717, 1.165) is 42.3 Å². The average molecular weight is 462 g/mol. The van der Waals surface area contributed by atoms with Gasteiger partial charge in [0, 0.05) is 37.5 Å². The number of anilines is 1. The minimum Gasteiger partial charge on any atom is -0.356 e. The Labute approximate surface area is 165 Å². The van der Waals surface area contributed by atoms with Crippen LogP contribution in [0.5, 0.6) is 0 Å². The molecule has 5 nitrogen and oxygen atoms in total. The Balaban J connectivity index is 0.00000288. The van der Waals surface area contributed by atoms with Gasteiger partial charge in [0.05, 0.1) is 0 Å². The third kappa shape index (κ3) is 6.88. The number of rotatable bonds is 7. The van der Waals surface area contributed by atoms with Crippen LogP contribution in [0.15, 0.2) is 29.3 Å². The maximum absolute atomic E-state index is 12.0. The van der Waals surface area contributed by atoms with Gasteiger partial charge in [0.1, 0.15) is 0 Å². The molecule has 1 aliphatic rings. The quantitative estimate of drug-likeness (QED) is 0.252. The van der Waals surface area contributed by atoms with Gasteiger partial charge in [-0.05, 0) is 36.8 Å². The Morgan fingerprint density at radius 2 is 2.12 bits per heavy atom. The fraction of sp³-hybridized carbons (Fsp3) is 0.529. The van der Waals surface area contributed by atoms with Gasteiger partial charge in [0.2, 0.25) is 5.91 Å². The highest BCUT2D eigenvalue weighted by Gasteiger charge is 2.25. The van der Waals surface area contributed by atoms with Crippen molar-refractivity contribution in [3.63, 3.8) is 0 Å². The van der Waals surface area contributed by atoms with Crippen molar-refractivity contribution in [3.8, 4) is 0 Å². The molecule has 2 rings (SSSR count). The Bertz CT molecular complexity index is 549. The number of benzene rings is 1. The molecule has 0 aromatic heterocycles. The Hall–Kier alpha value is -0.960. The van der Waals surface area contributed by atoms with Crippen molar-refractivity contribution >= 4 is 53.3 Å². The van der Waals surface area contributed by atoms with Gasteiger partial charge in [-0.2, -0.15) is 11.8 Å². The summed E-state index contributed by atoms with van der Waals surface area (Å²) in [6.07, 6.45) is 5.29. The average Bonchev–Trinajstić information content (AvgIpc) is 2.49. The molecule has 1 saturated carbocycles. The number of hydrogen-bond donors (Lipinski definition) is 3. The van der Waals surface area contributed by atoms with Crippen molar-refractivity contribution in [2.45, 2.75) is 25.8 Å². The molecule has 0 heterocycles. The summed E-state index contributed by atoms with van der Waals surface area (Å²) in [5.74, 6) is 2.19. The van der Waals surface area contributed by atoms with Crippen molar-refractivity contribution < 1.29 is 4.79 Å². The number of halogens is 1. The largest absolute Gasteiger partial charge is 0.356 e. The molecule has 1 amide bonds. The van der Waals surface area contributed by atoms with Gasteiger partial charge in [0.25, 0.3) is 0 Å². The molecule has 134 valence electrons. The second-order valence-electron chi connectivity index (χ2n) is 5.66. The van der Waals surface area contributed by atoms with Gasteiger partial charge in [-0.25, -0.2) is 0 Å². The molecule has 0 aliphatic heterocycles. The second kappa shape index (κ2) is 11.6. The first-order chi connectivity index (χ1) is 11.2. The van der Waals surface area contributed by atoms with Crippen LogP contribution in [0.4, 0.5) is 5.69 Å². The van der Waals surface area contributed by atoms with Gasteiger partial charge in [-0.1, -0.05) is 18.6 Å².